The molecule has 0 bridgehead atoms. The quantitative estimate of drug-likeness (QED) is 0.114. The zero-order valence-corrected chi connectivity index (χ0v) is 25.0. The summed E-state index contributed by atoms with van der Waals surface area (Å²) < 4.78 is 1.70. The van der Waals surface area contributed by atoms with E-state index in [1.165, 1.54) is 35.5 Å². The van der Waals surface area contributed by atoms with Crippen molar-refractivity contribution >= 4 is 63.5 Å². The number of piperazine rings is 1. The van der Waals surface area contributed by atoms with Crippen molar-refractivity contribution in [1.29, 1.82) is 0 Å². The lowest BCUT2D eigenvalue weighted by atomic mass is 9.89. The van der Waals surface area contributed by atoms with Crippen LogP contribution in [-0.2, 0) is 25.8 Å². The van der Waals surface area contributed by atoms with Gasteiger partial charge in [0.25, 0.3) is 5.91 Å². The number of aromatic nitrogens is 5. The standard InChI is InChI=1S/C22H31N11O5S3/c1-30-3-5-31(6-4-30)7-8-33-21(26-28-29-33)41-12-22(19(36)37)10-32-17(35)15(18(32)40-11-22)25-16(34)14(27-38-2)13-9-39-20(23)24-13/h9,15,18H,3-8,10-12H2,1-2H3,(H2,23,24)(H,25,34)(H,36,37)/t15?,18-,22?/m1/s1. The number of nitrogen functional groups attached to an aromatic ring is 1. The van der Waals surface area contributed by atoms with Crippen molar-refractivity contribution in [2.75, 3.05) is 70.7 Å². The number of nitrogens with zero attached hydrogens (tertiary/aromatic N) is 9. The summed E-state index contributed by atoms with van der Waals surface area (Å²) in [5, 5.41) is 30.6. The largest absolute Gasteiger partial charge is 0.481 e. The van der Waals surface area contributed by atoms with Crippen LogP contribution < -0.4 is 11.1 Å². The van der Waals surface area contributed by atoms with E-state index in [4.69, 9.17) is 10.6 Å². The summed E-state index contributed by atoms with van der Waals surface area (Å²) in [5.41, 5.74) is 4.61. The fourth-order valence-corrected chi connectivity index (χ4v) is 8.07. The first-order chi connectivity index (χ1) is 19.7. The number of carbonyl (C=O) groups excluding carboxylic acids is 2. The van der Waals surface area contributed by atoms with Crippen molar-refractivity contribution in [2.45, 2.75) is 23.1 Å². The summed E-state index contributed by atoms with van der Waals surface area (Å²) >= 11 is 3.74. The van der Waals surface area contributed by atoms with Crippen LogP contribution in [0.3, 0.4) is 0 Å². The number of carbonyl (C=O) groups is 3. The molecular weight excluding hydrogens is 595 g/mol. The normalized spacial score (nSPS) is 25.5. The molecule has 16 nitrogen and oxygen atoms in total. The van der Waals surface area contributed by atoms with Gasteiger partial charge in [-0.3, -0.25) is 19.3 Å². The Balaban J connectivity index is 1.18. The summed E-state index contributed by atoms with van der Waals surface area (Å²) in [4.78, 5) is 53.5. The van der Waals surface area contributed by atoms with E-state index in [9.17, 15) is 19.5 Å². The smallest absolute Gasteiger partial charge is 0.313 e. The highest BCUT2D eigenvalue weighted by Crippen LogP contribution is 2.44. The van der Waals surface area contributed by atoms with Crippen LogP contribution >= 0.6 is 34.9 Å². The molecule has 5 rings (SSSR count). The van der Waals surface area contributed by atoms with E-state index in [1.807, 2.05) is 0 Å². The number of nitrogens with one attached hydrogen (secondary N) is 1. The number of aliphatic carboxylic acids is 1. The number of carboxylic acid groups (broad SMARTS) is 1. The van der Waals surface area contributed by atoms with Crippen molar-refractivity contribution in [2.24, 2.45) is 10.6 Å². The molecule has 3 fully saturated rings. The van der Waals surface area contributed by atoms with Gasteiger partial charge in [0.15, 0.2) is 10.8 Å². The summed E-state index contributed by atoms with van der Waals surface area (Å²) in [5.74, 6) is -1.56. The van der Waals surface area contributed by atoms with Crippen molar-refractivity contribution in [3.05, 3.63) is 11.1 Å². The van der Waals surface area contributed by atoms with E-state index in [1.54, 1.807) is 10.1 Å². The minimum absolute atomic E-state index is 0.0166. The lowest BCUT2D eigenvalue weighted by molar-refractivity contribution is -0.157. The Hall–Kier alpha value is -3.00. The Morgan fingerprint density at radius 1 is 1.32 bits per heavy atom. The molecule has 2 unspecified atom stereocenters. The predicted molar refractivity (Wildman–Crippen MR) is 153 cm³/mol. The van der Waals surface area contributed by atoms with Gasteiger partial charge in [-0.1, -0.05) is 16.9 Å². The summed E-state index contributed by atoms with van der Waals surface area (Å²) in [6, 6.07) is -0.827. The number of likely N-dealkylation sites (N-methyl/N-ethyl adjacent to an activating group) is 1. The summed E-state index contributed by atoms with van der Waals surface area (Å²) in [7, 11) is 3.40. The van der Waals surface area contributed by atoms with Gasteiger partial charge in [0.05, 0.1) is 6.54 Å². The number of tetrazole rings is 1. The number of rotatable bonds is 11. The van der Waals surface area contributed by atoms with Crippen molar-refractivity contribution in [3.8, 4) is 0 Å². The van der Waals surface area contributed by atoms with Crippen LogP contribution in [-0.4, -0.2) is 145 Å². The van der Waals surface area contributed by atoms with Crippen LogP contribution in [0.5, 0.6) is 0 Å². The van der Waals surface area contributed by atoms with Crippen molar-refractivity contribution in [1.82, 2.24) is 45.2 Å². The van der Waals surface area contributed by atoms with Gasteiger partial charge in [0, 0.05) is 56.2 Å². The molecule has 0 radical (unpaired) electrons. The monoisotopic (exact) mass is 625 g/mol. The van der Waals surface area contributed by atoms with Gasteiger partial charge in [0.1, 0.15) is 29.6 Å². The minimum Gasteiger partial charge on any atom is -0.481 e. The Morgan fingerprint density at radius 2 is 2.10 bits per heavy atom. The number of hydrogen-bond acceptors (Lipinski definition) is 15. The fourth-order valence-electron chi connectivity index (χ4n) is 4.76. The molecule has 19 heteroatoms. The van der Waals surface area contributed by atoms with Crippen molar-refractivity contribution in [3.63, 3.8) is 0 Å². The molecule has 222 valence electrons. The van der Waals surface area contributed by atoms with E-state index in [0.29, 0.717) is 11.7 Å². The number of nitrogens with two attached hydrogens (primary N) is 1. The van der Waals surface area contributed by atoms with E-state index in [2.05, 4.69) is 47.8 Å². The first-order valence-electron chi connectivity index (χ1n) is 12.8. The number of hydrogen-bond donors (Lipinski definition) is 3. The maximum Gasteiger partial charge on any atom is 0.313 e. The molecule has 3 saturated heterocycles. The Bertz CT molecular complexity index is 1310. The minimum atomic E-state index is -1.20. The fraction of sp³-hybridized carbons (Fsp3) is 0.636. The third-order valence-corrected chi connectivity index (χ3v) is 10.8. The molecule has 2 amide bonds. The Kier molecular flexibility index (Phi) is 8.97. The molecule has 0 saturated carbocycles. The van der Waals surface area contributed by atoms with Crippen LogP contribution in [0.2, 0.25) is 0 Å². The molecule has 0 aromatic carbocycles. The molecule has 2 aromatic heterocycles. The molecule has 0 aliphatic carbocycles. The lowest BCUT2D eigenvalue weighted by Crippen LogP contribution is -2.74. The predicted octanol–water partition coefficient (Wildman–Crippen LogP) is -1.43. The van der Waals surface area contributed by atoms with Gasteiger partial charge in [-0.2, -0.15) is 0 Å². The van der Waals surface area contributed by atoms with Gasteiger partial charge in [-0.05, 0) is 17.5 Å². The molecule has 3 aliphatic heterocycles. The van der Waals surface area contributed by atoms with E-state index in [-0.39, 0.29) is 40.5 Å². The highest BCUT2D eigenvalue weighted by atomic mass is 32.2. The Morgan fingerprint density at radius 3 is 2.78 bits per heavy atom. The number of thioether (sulfide) groups is 2. The van der Waals surface area contributed by atoms with Crippen LogP contribution in [0, 0.1) is 5.41 Å². The van der Waals surface area contributed by atoms with Crippen LogP contribution in [0.15, 0.2) is 15.7 Å². The summed E-state index contributed by atoms with van der Waals surface area (Å²) in [6.45, 7) is 5.40. The average Bonchev–Trinajstić information content (AvgIpc) is 3.61. The van der Waals surface area contributed by atoms with Crippen molar-refractivity contribution < 1.29 is 24.3 Å². The molecule has 3 aliphatic rings. The number of carboxylic acids is 1. The number of anilines is 1. The number of thiazole rings is 1. The highest BCUT2D eigenvalue weighted by molar-refractivity contribution is 8.00. The third kappa shape index (κ3) is 6.27. The number of fused-ring (bicyclic) bond motifs is 1. The summed E-state index contributed by atoms with van der Waals surface area (Å²) in [6.07, 6.45) is 0. The van der Waals surface area contributed by atoms with Gasteiger partial charge in [-0.15, -0.1) is 28.2 Å². The first kappa shape index (κ1) is 29.5. The molecular formula is C22H31N11O5S3. The molecule has 2 aromatic rings. The average molecular weight is 626 g/mol. The SMILES string of the molecule is CON=C(C(=O)NC1C(=O)N2CC(CSc3nnnn3CCN3CCN(C)CC3)(C(=O)O)CS[C@H]12)c1csc(N)n1. The molecule has 5 heterocycles. The third-order valence-electron chi connectivity index (χ3n) is 7.25. The van der Waals surface area contributed by atoms with Crippen LogP contribution in [0.25, 0.3) is 0 Å². The van der Waals surface area contributed by atoms with Gasteiger partial charge in [-0.25, -0.2) is 9.67 Å². The van der Waals surface area contributed by atoms with E-state index >= 15 is 0 Å². The topological polar surface area (TPSA) is 197 Å². The maximum atomic E-state index is 13.1. The van der Waals surface area contributed by atoms with Gasteiger partial charge < -0.3 is 30.8 Å². The zero-order chi connectivity index (χ0) is 29.1. The lowest BCUT2D eigenvalue weighted by Gasteiger charge is -2.53. The second-order valence-corrected chi connectivity index (χ2v) is 13.0. The molecule has 4 N–H and O–H groups in total. The van der Waals surface area contributed by atoms with Crippen LogP contribution in [0.1, 0.15) is 5.69 Å². The van der Waals surface area contributed by atoms with E-state index < -0.39 is 28.7 Å². The van der Waals surface area contributed by atoms with Crippen LogP contribution in [0.4, 0.5) is 5.13 Å². The highest BCUT2D eigenvalue weighted by Gasteiger charge is 2.57. The molecule has 41 heavy (non-hydrogen) atoms. The number of oxime groups is 1. The maximum absolute atomic E-state index is 13.1. The second-order valence-electron chi connectivity index (χ2n) is 10.0. The first-order valence-corrected chi connectivity index (χ1v) is 15.7. The number of amides is 2. The zero-order valence-electron chi connectivity index (χ0n) is 22.5. The number of β-lactam (4-membered cyclic amide) rings is 1. The Labute approximate surface area is 248 Å². The molecule has 3 atom stereocenters. The van der Waals surface area contributed by atoms with Gasteiger partial charge >= 0.3 is 5.97 Å². The molecule has 0 spiro atoms. The van der Waals surface area contributed by atoms with E-state index in [0.717, 1.165) is 44.1 Å². The van der Waals surface area contributed by atoms with Gasteiger partial charge in [0.2, 0.25) is 11.1 Å². The second kappa shape index (κ2) is 12.5.